The van der Waals surface area contributed by atoms with E-state index < -0.39 is 0 Å². The Morgan fingerprint density at radius 3 is 2.79 bits per heavy atom. The van der Waals surface area contributed by atoms with E-state index >= 15 is 0 Å². The number of halogens is 1. The first-order valence-corrected chi connectivity index (χ1v) is 10.5. The number of ether oxygens (including phenoxy) is 1. The van der Waals surface area contributed by atoms with Crippen LogP contribution in [0.3, 0.4) is 0 Å². The van der Waals surface area contributed by atoms with Crippen molar-refractivity contribution in [1.29, 1.82) is 0 Å². The van der Waals surface area contributed by atoms with Gasteiger partial charge < -0.3 is 10.1 Å². The second-order valence-corrected chi connectivity index (χ2v) is 8.10. The van der Waals surface area contributed by atoms with E-state index in [1.807, 2.05) is 24.4 Å². The topological polar surface area (TPSA) is 64.1 Å². The molecule has 146 valence electrons. The Hall–Kier alpha value is -3.10. The number of aryl methyl sites for hydroxylation is 1. The smallest absolute Gasteiger partial charge is 0.263 e. The summed E-state index contributed by atoms with van der Waals surface area (Å²) in [6.07, 6.45) is 1.60. The number of hydrogen-bond acceptors (Lipinski definition) is 6. The fourth-order valence-corrected chi connectivity index (χ4v) is 4.39. The van der Waals surface area contributed by atoms with Crippen molar-refractivity contribution in [2.24, 2.45) is 0 Å². The van der Waals surface area contributed by atoms with Crippen molar-refractivity contribution in [3.63, 3.8) is 0 Å². The minimum atomic E-state index is -0.331. The van der Waals surface area contributed by atoms with E-state index in [1.54, 1.807) is 29.7 Å². The average Bonchev–Trinajstić information content (AvgIpc) is 3.38. The standard InChI is InChI=1S/C21H16FN3O2S2/c1-13-19(29-21(25-13)17-3-2-10-28-17)20(26)24-12-14-8-9-23-18(11-14)27-16-6-4-15(22)5-7-16/h2-11H,12H2,1H3,(H,24,26). The van der Waals surface area contributed by atoms with E-state index in [9.17, 15) is 9.18 Å². The lowest BCUT2D eigenvalue weighted by atomic mass is 10.2. The van der Waals surface area contributed by atoms with Crippen LogP contribution in [0.1, 0.15) is 20.9 Å². The molecule has 1 N–H and O–H groups in total. The van der Waals surface area contributed by atoms with Gasteiger partial charge in [0.25, 0.3) is 5.91 Å². The molecule has 0 spiro atoms. The summed E-state index contributed by atoms with van der Waals surface area (Å²) in [6.45, 7) is 2.16. The molecule has 0 saturated heterocycles. The molecule has 4 aromatic rings. The zero-order valence-electron chi connectivity index (χ0n) is 15.4. The monoisotopic (exact) mass is 425 g/mol. The highest BCUT2D eigenvalue weighted by Crippen LogP contribution is 2.31. The van der Waals surface area contributed by atoms with Gasteiger partial charge in [-0.2, -0.15) is 0 Å². The van der Waals surface area contributed by atoms with Crippen molar-refractivity contribution >= 4 is 28.6 Å². The first kappa shape index (κ1) is 19.2. The number of thiazole rings is 1. The Bertz CT molecular complexity index is 1130. The van der Waals surface area contributed by atoms with Crippen molar-refractivity contribution in [1.82, 2.24) is 15.3 Å². The fraction of sp³-hybridized carbons (Fsp3) is 0.0952. The Balaban J connectivity index is 1.41. The van der Waals surface area contributed by atoms with Crippen molar-refractivity contribution in [3.05, 3.63) is 82.1 Å². The van der Waals surface area contributed by atoms with Gasteiger partial charge in [0.05, 0.1) is 10.6 Å². The van der Waals surface area contributed by atoms with E-state index in [-0.39, 0.29) is 11.7 Å². The van der Waals surface area contributed by atoms with Crippen LogP contribution in [0.4, 0.5) is 4.39 Å². The summed E-state index contributed by atoms with van der Waals surface area (Å²) >= 11 is 2.98. The number of aromatic nitrogens is 2. The largest absolute Gasteiger partial charge is 0.439 e. The molecule has 1 amide bonds. The van der Waals surface area contributed by atoms with E-state index in [2.05, 4.69) is 15.3 Å². The zero-order valence-corrected chi connectivity index (χ0v) is 17.0. The molecule has 0 unspecified atom stereocenters. The van der Waals surface area contributed by atoms with Crippen molar-refractivity contribution in [2.45, 2.75) is 13.5 Å². The van der Waals surface area contributed by atoms with E-state index in [0.717, 1.165) is 15.4 Å². The van der Waals surface area contributed by atoms with E-state index in [0.29, 0.717) is 28.7 Å². The SMILES string of the molecule is Cc1nc(-c2cccs2)sc1C(=O)NCc1ccnc(Oc2ccc(F)cc2)c1. The number of hydrogen-bond donors (Lipinski definition) is 1. The molecule has 3 aromatic heterocycles. The summed E-state index contributed by atoms with van der Waals surface area (Å²) in [4.78, 5) is 22.9. The predicted molar refractivity (Wildman–Crippen MR) is 112 cm³/mol. The number of thiophene rings is 1. The molecule has 1 aromatic carbocycles. The minimum Gasteiger partial charge on any atom is -0.439 e. The Labute approximate surface area is 174 Å². The van der Waals surface area contributed by atoms with Gasteiger partial charge in [-0.25, -0.2) is 14.4 Å². The maximum Gasteiger partial charge on any atom is 0.263 e. The molecule has 29 heavy (non-hydrogen) atoms. The summed E-state index contributed by atoms with van der Waals surface area (Å²) in [7, 11) is 0. The van der Waals surface area contributed by atoms with E-state index in [4.69, 9.17) is 4.74 Å². The van der Waals surface area contributed by atoms with Crippen LogP contribution < -0.4 is 10.1 Å². The summed E-state index contributed by atoms with van der Waals surface area (Å²) in [5.41, 5.74) is 1.55. The van der Waals surface area contributed by atoms with Gasteiger partial charge in [0.2, 0.25) is 5.88 Å². The first-order valence-electron chi connectivity index (χ1n) is 8.76. The first-order chi connectivity index (χ1) is 14.1. The Kier molecular flexibility index (Phi) is 5.64. The molecule has 0 saturated carbocycles. The molecular formula is C21H16FN3O2S2. The molecular weight excluding hydrogens is 409 g/mol. The highest BCUT2D eigenvalue weighted by Gasteiger charge is 2.16. The molecule has 3 heterocycles. The summed E-state index contributed by atoms with van der Waals surface area (Å²) in [5, 5.41) is 5.75. The molecule has 8 heteroatoms. The predicted octanol–water partition coefficient (Wildman–Crippen LogP) is 5.44. The highest BCUT2D eigenvalue weighted by atomic mass is 32.1. The fourth-order valence-electron chi connectivity index (χ4n) is 2.61. The van der Waals surface area contributed by atoms with Crippen molar-refractivity contribution in [2.75, 3.05) is 0 Å². The van der Waals surface area contributed by atoms with Crippen LogP contribution in [-0.4, -0.2) is 15.9 Å². The minimum absolute atomic E-state index is 0.166. The van der Waals surface area contributed by atoms with Crippen LogP contribution in [0, 0.1) is 12.7 Å². The number of rotatable bonds is 6. The van der Waals surface area contributed by atoms with Crippen LogP contribution in [0.5, 0.6) is 11.6 Å². The molecule has 0 aliphatic rings. The summed E-state index contributed by atoms with van der Waals surface area (Å²) < 4.78 is 18.6. The number of carbonyl (C=O) groups is 1. The molecule has 0 aliphatic carbocycles. The summed E-state index contributed by atoms with van der Waals surface area (Å²) in [6, 6.07) is 13.2. The lowest BCUT2D eigenvalue weighted by Crippen LogP contribution is -2.22. The lowest BCUT2D eigenvalue weighted by Gasteiger charge is -2.08. The lowest BCUT2D eigenvalue weighted by molar-refractivity contribution is 0.0954. The summed E-state index contributed by atoms with van der Waals surface area (Å²) in [5.74, 6) is 0.363. The number of nitrogens with one attached hydrogen (secondary N) is 1. The number of pyridine rings is 1. The number of nitrogens with zero attached hydrogens (tertiary/aromatic N) is 2. The van der Waals surface area contributed by atoms with Gasteiger partial charge in [0.1, 0.15) is 21.5 Å². The van der Waals surface area contributed by atoms with Gasteiger partial charge in [0, 0.05) is 18.8 Å². The third-order valence-corrected chi connectivity index (χ3v) is 6.22. The Morgan fingerprint density at radius 2 is 2.03 bits per heavy atom. The normalized spacial score (nSPS) is 10.7. The highest BCUT2D eigenvalue weighted by molar-refractivity contribution is 7.22. The maximum atomic E-state index is 13.0. The Morgan fingerprint density at radius 1 is 1.21 bits per heavy atom. The van der Waals surface area contributed by atoms with Gasteiger partial charge in [-0.15, -0.1) is 22.7 Å². The van der Waals surface area contributed by atoms with Crippen LogP contribution in [0.15, 0.2) is 60.1 Å². The van der Waals surface area contributed by atoms with E-state index in [1.165, 1.54) is 35.6 Å². The quantitative estimate of drug-likeness (QED) is 0.447. The van der Waals surface area contributed by atoms with Gasteiger partial charge in [-0.3, -0.25) is 4.79 Å². The average molecular weight is 426 g/mol. The van der Waals surface area contributed by atoms with Crippen molar-refractivity contribution < 1.29 is 13.9 Å². The molecule has 0 fully saturated rings. The second kappa shape index (κ2) is 8.50. The molecule has 0 atom stereocenters. The van der Waals surface area contributed by atoms with Crippen molar-refractivity contribution in [3.8, 4) is 21.5 Å². The molecule has 0 bridgehead atoms. The van der Waals surface area contributed by atoms with Crippen LogP contribution in [-0.2, 0) is 6.54 Å². The van der Waals surface area contributed by atoms with Crippen LogP contribution in [0.2, 0.25) is 0 Å². The third kappa shape index (κ3) is 4.67. The third-order valence-electron chi connectivity index (χ3n) is 4.02. The van der Waals surface area contributed by atoms with Gasteiger partial charge >= 0.3 is 0 Å². The van der Waals surface area contributed by atoms with Crippen LogP contribution in [0.25, 0.3) is 9.88 Å². The second-order valence-electron chi connectivity index (χ2n) is 6.15. The zero-order chi connectivity index (χ0) is 20.2. The number of amides is 1. The van der Waals surface area contributed by atoms with Gasteiger partial charge in [0.15, 0.2) is 0 Å². The van der Waals surface area contributed by atoms with Gasteiger partial charge in [-0.05, 0) is 54.3 Å². The maximum absolute atomic E-state index is 13.0. The van der Waals surface area contributed by atoms with Gasteiger partial charge in [-0.1, -0.05) is 6.07 Å². The molecule has 5 nitrogen and oxygen atoms in total. The molecule has 4 rings (SSSR count). The molecule has 0 radical (unpaired) electrons. The number of benzene rings is 1. The molecule has 0 aliphatic heterocycles. The number of carbonyl (C=O) groups excluding carboxylic acids is 1. The van der Waals surface area contributed by atoms with Crippen LogP contribution >= 0.6 is 22.7 Å².